The number of benzene rings is 1. The van der Waals surface area contributed by atoms with Gasteiger partial charge in [-0.1, -0.05) is 0 Å². The summed E-state index contributed by atoms with van der Waals surface area (Å²) >= 11 is 0. The fourth-order valence-corrected chi connectivity index (χ4v) is 1.85. The third kappa shape index (κ3) is 2.45. The van der Waals surface area contributed by atoms with E-state index in [1.54, 1.807) is 19.1 Å². The molecule has 6 heteroatoms. The van der Waals surface area contributed by atoms with E-state index in [2.05, 4.69) is 0 Å². The number of hydrogen-bond acceptors (Lipinski definition) is 6. The summed E-state index contributed by atoms with van der Waals surface area (Å²) in [6, 6.07) is 4.63. The van der Waals surface area contributed by atoms with Crippen molar-refractivity contribution in [2.75, 3.05) is 20.8 Å². The molecule has 0 unspecified atom stereocenters. The van der Waals surface area contributed by atoms with Crippen molar-refractivity contribution in [2.24, 2.45) is 0 Å². The summed E-state index contributed by atoms with van der Waals surface area (Å²) in [6.45, 7) is 1.87. The molecular formula is C14H14O6. The van der Waals surface area contributed by atoms with Crippen molar-refractivity contribution in [1.82, 2.24) is 0 Å². The van der Waals surface area contributed by atoms with Crippen LogP contribution in [0.4, 0.5) is 0 Å². The Bertz CT molecular complexity index is 701. The highest BCUT2D eigenvalue weighted by atomic mass is 16.5. The topological polar surface area (TPSA) is 75.0 Å². The van der Waals surface area contributed by atoms with Crippen molar-refractivity contribution in [3.63, 3.8) is 0 Å². The van der Waals surface area contributed by atoms with Crippen molar-refractivity contribution in [2.45, 2.75) is 6.92 Å². The van der Waals surface area contributed by atoms with Gasteiger partial charge in [-0.2, -0.15) is 0 Å². The number of hydrogen-bond donors (Lipinski definition) is 0. The smallest absolute Gasteiger partial charge is 0.374 e. The number of carbonyl (C=O) groups is 1. The van der Waals surface area contributed by atoms with Gasteiger partial charge in [-0.25, -0.2) is 9.59 Å². The molecule has 0 aliphatic heterocycles. The highest BCUT2D eigenvalue weighted by molar-refractivity contribution is 5.94. The first-order valence-corrected chi connectivity index (χ1v) is 5.97. The van der Waals surface area contributed by atoms with Gasteiger partial charge in [0, 0.05) is 11.5 Å². The summed E-state index contributed by atoms with van der Waals surface area (Å²) in [4.78, 5) is 23.6. The molecule has 0 fully saturated rings. The summed E-state index contributed by atoms with van der Waals surface area (Å²) in [6.07, 6.45) is 0. The van der Waals surface area contributed by atoms with Gasteiger partial charge in [0.2, 0.25) is 5.76 Å². The van der Waals surface area contributed by atoms with Crippen LogP contribution >= 0.6 is 0 Å². The summed E-state index contributed by atoms with van der Waals surface area (Å²) in [7, 11) is 2.94. The number of fused-ring (bicyclic) bond motifs is 1. The van der Waals surface area contributed by atoms with Gasteiger partial charge in [0.05, 0.1) is 20.8 Å². The SMILES string of the molecule is CCOC(=O)c1cc2cc(OC)cc(OC)c2c(=O)o1. The third-order valence-corrected chi connectivity index (χ3v) is 2.73. The van der Waals surface area contributed by atoms with Crippen LogP contribution in [0.3, 0.4) is 0 Å². The Hall–Kier alpha value is -2.50. The molecule has 1 heterocycles. The number of methoxy groups -OCH3 is 2. The Morgan fingerprint density at radius 3 is 2.55 bits per heavy atom. The van der Waals surface area contributed by atoms with Crippen LogP contribution in [0.5, 0.6) is 11.5 Å². The number of esters is 1. The molecule has 0 radical (unpaired) electrons. The molecule has 0 atom stereocenters. The lowest BCUT2D eigenvalue weighted by Crippen LogP contribution is -2.10. The molecule has 2 rings (SSSR count). The molecule has 2 aromatic rings. The number of carbonyl (C=O) groups excluding carboxylic acids is 1. The predicted octanol–water partition coefficient (Wildman–Crippen LogP) is 1.99. The Morgan fingerprint density at radius 2 is 1.95 bits per heavy atom. The normalized spacial score (nSPS) is 10.3. The Labute approximate surface area is 114 Å². The minimum atomic E-state index is -0.687. The Balaban J connectivity index is 2.70. The van der Waals surface area contributed by atoms with Crippen LogP contribution in [-0.2, 0) is 4.74 Å². The third-order valence-electron chi connectivity index (χ3n) is 2.73. The second kappa shape index (κ2) is 5.64. The number of ether oxygens (including phenoxy) is 3. The molecule has 6 nitrogen and oxygen atoms in total. The van der Waals surface area contributed by atoms with Gasteiger partial charge in [0.1, 0.15) is 16.9 Å². The van der Waals surface area contributed by atoms with Crippen LogP contribution in [0.15, 0.2) is 27.4 Å². The largest absolute Gasteiger partial charge is 0.497 e. The second-order valence-corrected chi connectivity index (χ2v) is 3.91. The molecule has 0 saturated heterocycles. The van der Waals surface area contributed by atoms with Gasteiger partial charge in [-0.3, -0.25) is 0 Å². The van der Waals surface area contributed by atoms with Gasteiger partial charge in [-0.15, -0.1) is 0 Å². The molecule has 0 saturated carbocycles. The molecule has 0 N–H and O–H groups in total. The highest BCUT2D eigenvalue weighted by Crippen LogP contribution is 2.29. The molecule has 0 aliphatic carbocycles. The van der Waals surface area contributed by atoms with Crippen LogP contribution in [-0.4, -0.2) is 26.8 Å². The fourth-order valence-electron chi connectivity index (χ4n) is 1.85. The summed E-state index contributed by atoms with van der Waals surface area (Å²) in [5, 5.41) is 0.738. The van der Waals surface area contributed by atoms with E-state index in [0.717, 1.165) is 0 Å². The van der Waals surface area contributed by atoms with Crippen molar-refractivity contribution in [3.8, 4) is 11.5 Å². The van der Waals surface area contributed by atoms with Crippen LogP contribution in [0.25, 0.3) is 10.8 Å². The van der Waals surface area contributed by atoms with Crippen molar-refractivity contribution >= 4 is 16.7 Å². The highest BCUT2D eigenvalue weighted by Gasteiger charge is 2.16. The molecule has 20 heavy (non-hydrogen) atoms. The molecule has 0 amide bonds. The average molecular weight is 278 g/mol. The van der Waals surface area contributed by atoms with E-state index in [4.69, 9.17) is 18.6 Å². The van der Waals surface area contributed by atoms with E-state index in [0.29, 0.717) is 16.9 Å². The first-order valence-electron chi connectivity index (χ1n) is 5.97. The van der Waals surface area contributed by atoms with Gasteiger partial charge in [0.15, 0.2) is 0 Å². The van der Waals surface area contributed by atoms with Crippen LogP contribution < -0.4 is 15.1 Å². The first-order chi connectivity index (χ1) is 9.60. The van der Waals surface area contributed by atoms with E-state index in [-0.39, 0.29) is 17.8 Å². The molecule has 106 valence electrons. The van der Waals surface area contributed by atoms with Gasteiger partial charge in [0.25, 0.3) is 0 Å². The zero-order valence-corrected chi connectivity index (χ0v) is 11.4. The lowest BCUT2D eigenvalue weighted by molar-refractivity contribution is 0.0485. The quantitative estimate of drug-likeness (QED) is 0.796. The lowest BCUT2D eigenvalue weighted by Gasteiger charge is -2.08. The lowest BCUT2D eigenvalue weighted by atomic mass is 10.1. The maximum atomic E-state index is 12.0. The molecule has 1 aromatic heterocycles. The predicted molar refractivity (Wildman–Crippen MR) is 71.5 cm³/mol. The Kier molecular flexibility index (Phi) is 3.93. The summed E-state index contributed by atoms with van der Waals surface area (Å²) in [5.41, 5.74) is -0.662. The molecular weight excluding hydrogens is 264 g/mol. The standard InChI is InChI=1S/C14H14O6/c1-4-19-13(15)11-6-8-5-9(17-2)7-10(18-3)12(8)14(16)20-11/h5-7H,4H2,1-3H3. The van der Waals surface area contributed by atoms with E-state index < -0.39 is 11.6 Å². The maximum Gasteiger partial charge on any atom is 0.374 e. The second-order valence-electron chi connectivity index (χ2n) is 3.91. The van der Waals surface area contributed by atoms with E-state index in [9.17, 15) is 9.59 Å². The summed E-state index contributed by atoms with van der Waals surface area (Å²) < 4.78 is 20.0. The molecule has 0 bridgehead atoms. The zero-order valence-electron chi connectivity index (χ0n) is 11.4. The van der Waals surface area contributed by atoms with E-state index >= 15 is 0 Å². The summed E-state index contributed by atoms with van der Waals surface area (Å²) in [5.74, 6) is -0.00814. The van der Waals surface area contributed by atoms with Gasteiger partial charge in [-0.05, 0) is 19.1 Å². The van der Waals surface area contributed by atoms with E-state index in [1.165, 1.54) is 20.3 Å². The van der Waals surface area contributed by atoms with Crippen LogP contribution in [0.2, 0.25) is 0 Å². The monoisotopic (exact) mass is 278 g/mol. The van der Waals surface area contributed by atoms with Crippen molar-refractivity contribution in [3.05, 3.63) is 34.4 Å². The van der Waals surface area contributed by atoms with Gasteiger partial charge < -0.3 is 18.6 Å². The molecule has 1 aromatic carbocycles. The number of rotatable bonds is 4. The van der Waals surface area contributed by atoms with Crippen molar-refractivity contribution < 1.29 is 23.4 Å². The molecule has 0 aliphatic rings. The maximum absolute atomic E-state index is 12.0. The minimum absolute atomic E-state index is 0.153. The van der Waals surface area contributed by atoms with Crippen LogP contribution in [0, 0.1) is 0 Å². The first kappa shape index (κ1) is 13.9. The minimum Gasteiger partial charge on any atom is -0.497 e. The molecule has 0 spiro atoms. The van der Waals surface area contributed by atoms with Crippen LogP contribution in [0.1, 0.15) is 17.5 Å². The zero-order chi connectivity index (χ0) is 14.7. The average Bonchev–Trinajstić information content (AvgIpc) is 2.45. The van der Waals surface area contributed by atoms with Gasteiger partial charge >= 0.3 is 11.6 Å². The van der Waals surface area contributed by atoms with E-state index in [1.807, 2.05) is 0 Å². The van der Waals surface area contributed by atoms with Crippen molar-refractivity contribution in [1.29, 1.82) is 0 Å². The Morgan fingerprint density at radius 1 is 1.20 bits per heavy atom. The fraction of sp³-hybridized carbons (Fsp3) is 0.286.